The normalized spacial score (nSPS) is 43.7. The lowest BCUT2D eigenvalue weighted by molar-refractivity contribution is 0.0541. The summed E-state index contributed by atoms with van der Waals surface area (Å²) >= 11 is 0. The molecule has 0 bridgehead atoms. The maximum atomic E-state index is 9.67. The number of allylic oxidation sites excluding steroid dienone is 1. The van der Waals surface area contributed by atoms with E-state index in [2.05, 4.69) is 25.2 Å². The van der Waals surface area contributed by atoms with Gasteiger partial charge in [0.2, 0.25) is 0 Å². The third-order valence-electron chi connectivity index (χ3n) is 2.79. The first-order valence-electron chi connectivity index (χ1n) is 4.72. The smallest absolute Gasteiger partial charge is 0.0598 e. The minimum atomic E-state index is -0.151. The van der Waals surface area contributed by atoms with E-state index in [1.807, 2.05) is 13.0 Å². The molecule has 0 unspecified atom stereocenters. The van der Waals surface area contributed by atoms with Crippen LogP contribution >= 0.6 is 0 Å². The highest BCUT2D eigenvalue weighted by molar-refractivity contribution is 4.98. The molecule has 12 heavy (non-hydrogen) atoms. The molecule has 1 aliphatic heterocycles. The molecule has 0 radical (unpaired) electrons. The minimum Gasteiger partial charge on any atom is -0.393 e. The third-order valence-corrected chi connectivity index (χ3v) is 2.79. The Kier molecular flexibility index (Phi) is 3.29. The Morgan fingerprint density at radius 1 is 1.42 bits per heavy atom. The van der Waals surface area contributed by atoms with Gasteiger partial charge in [0.15, 0.2) is 0 Å². The molecule has 0 amide bonds. The number of aliphatic hydroxyl groups excluding tert-OH is 1. The molecule has 2 nitrogen and oxygen atoms in total. The monoisotopic (exact) mass is 169 g/mol. The number of hydrogen-bond donors (Lipinski definition) is 2. The second-order valence-corrected chi connectivity index (χ2v) is 3.75. The van der Waals surface area contributed by atoms with Crippen molar-refractivity contribution in [3.63, 3.8) is 0 Å². The van der Waals surface area contributed by atoms with Gasteiger partial charge in [-0.15, -0.1) is 0 Å². The number of hydrogen-bond acceptors (Lipinski definition) is 2. The SMILES string of the molecule is C/C=C/[C@@H]1C[C@H](O)[C@@H](C)[C@H](C)N1. The third kappa shape index (κ3) is 2.08. The Bertz CT molecular complexity index is 155. The molecule has 0 aromatic rings. The Hall–Kier alpha value is -0.340. The van der Waals surface area contributed by atoms with Crippen LogP contribution in [-0.4, -0.2) is 23.3 Å². The minimum absolute atomic E-state index is 0.151. The molecule has 0 aromatic carbocycles. The molecule has 0 saturated carbocycles. The Morgan fingerprint density at radius 2 is 2.08 bits per heavy atom. The van der Waals surface area contributed by atoms with Gasteiger partial charge in [0.1, 0.15) is 0 Å². The summed E-state index contributed by atoms with van der Waals surface area (Å²) in [5.41, 5.74) is 0. The van der Waals surface area contributed by atoms with Gasteiger partial charge in [0, 0.05) is 12.1 Å². The van der Waals surface area contributed by atoms with Crippen LogP contribution in [0.5, 0.6) is 0 Å². The molecule has 1 aliphatic rings. The van der Waals surface area contributed by atoms with Gasteiger partial charge >= 0.3 is 0 Å². The molecule has 1 rings (SSSR count). The summed E-state index contributed by atoms with van der Waals surface area (Å²) in [6, 6.07) is 0.770. The number of aliphatic hydroxyl groups is 1. The maximum Gasteiger partial charge on any atom is 0.0598 e. The summed E-state index contributed by atoms with van der Waals surface area (Å²) in [5.74, 6) is 0.367. The van der Waals surface area contributed by atoms with Gasteiger partial charge in [-0.3, -0.25) is 0 Å². The average Bonchev–Trinajstić information content (AvgIpc) is 2.01. The first kappa shape index (κ1) is 9.75. The fourth-order valence-corrected chi connectivity index (χ4v) is 1.73. The zero-order chi connectivity index (χ0) is 9.14. The molecule has 0 aliphatic carbocycles. The van der Waals surface area contributed by atoms with E-state index < -0.39 is 0 Å². The van der Waals surface area contributed by atoms with Crippen molar-refractivity contribution in [1.82, 2.24) is 5.32 Å². The maximum absolute atomic E-state index is 9.67. The van der Waals surface area contributed by atoms with Crippen molar-refractivity contribution in [2.75, 3.05) is 0 Å². The molecule has 70 valence electrons. The number of nitrogens with one attached hydrogen (secondary N) is 1. The van der Waals surface area contributed by atoms with Crippen LogP contribution in [-0.2, 0) is 0 Å². The fourth-order valence-electron chi connectivity index (χ4n) is 1.73. The summed E-state index contributed by atoms with van der Waals surface area (Å²) in [7, 11) is 0. The second-order valence-electron chi connectivity index (χ2n) is 3.75. The summed E-state index contributed by atoms with van der Waals surface area (Å²) in [5, 5.41) is 13.1. The van der Waals surface area contributed by atoms with Crippen LogP contribution in [0, 0.1) is 5.92 Å². The lowest BCUT2D eigenvalue weighted by atomic mass is 9.87. The molecule has 1 heterocycles. The van der Waals surface area contributed by atoms with Crippen molar-refractivity contribution < 1.29 is 5.11 Å². The van der Waals surface area contributed by atoms with Crippen molar-refractivity contribution in [2.45, 2.75) is 45.4 Å². The van der Waals surface area contributed by atoms with Gasteiger partial charge in [-0.1, -0.05) is 19.1 Å². The first-order valence-corrected chi connectivity index (χ1v) is 4.72. The van der Waals surface area contributed by atoms with Gasteiger partial charge in [-0.25, -0.2) is 0 Å². The van der Waals surface area contributed by atoms with E-state index in [1.165, 1.54) is 0 Å². The largest absolute Gasteiger partial charge is 0.393 e. The molecule has 0 aromatic heterocycles. The van der Waals surface area contributed by atoms with Crippen molar-refractivity contribution >= 4 is 0 Å². The van der Waals surface area contributed by atoms with Crippen LogP contribution in [0.15, 0.2) is 12.2 Å². The van der Waals surface area contributed by atoms with E-state index in [0.717, 1.165) is 6.42 Å². The molecule has 1 saturated heterocycles. The molecular formula is C10H19NO. The fraction of sp³-hybridized carbons (Fsp3) is 0.800. The van der Waals surface area contributed by atoms with Crippen LogP contribution in [0.4, 0.5) is 0 Å². The molecular weight excluding hydrogens is 150 g/mol. The summed E-state index contributed by atoms with van der Waals surface area (Å²) in [6.45, 7) is 6.23. The summed E-state index contributed by atoms with van der Waals surface area (Å²) < 4.78 is 0. The van der Waals surface area contributed by atoms with Crippen molar-refractivity contribution in [3.05, 3.63) is 12.2 Å². The summed E-state index contributed by atoms with van der Waals surface area (Å²) in [4.78, 5) is 0. The van der Waals surface area contributed by atoms with Crippen LogP contribution in [0.2, 0.25) is 0 Å². The van der Waals surface area contributed by atoms with E-state index in [0.29, 0.717) is 18.0 Å². The van der Waals surface area contributed by atoms with Crippen LogP contribution < -0.4 is 5.32 Å². The molecule has 0 spiro atoms. The van der Waals surface area contributed by atoms with E-state index in [9.17, 15) is 5.11 Å². The molecule has 4 atom stereocenters. The number of piperidine rings is 1. The van der Waals surface area contributed by atoms with Crippen LogP contribution in [0.1, 0.15) is 27.2 Å². The predicted octanol–water partition coefficient (Wildman–Crippen LogP) is 1.31. The molecule has 2 heteroatoms. The lowest BCUT2D eigenvalue weighted by Gasteiger charge is -2.36. The van der Waals surface area contributed by atoms with E-state index in [1.54, 1.807) is 0 Å². The van der Waals surface area contributed by atoms with Crippen molar-refractivity contribution in [2.24, 2.45) is 5.92 Å². The quantitative estimate of drug-likeness (QED) is 0.580. The average molecular weight is 169 g/mol. The highest BCUT2D eigenvalue weighted by Crippen LogP contribution is 2.20. The van der Waals surface area contributed by atoms with Crippen molar-refractivity contribution in [1.29, 1.82) is 0 Å². The van der Waals surface area contributed by atoms with Gasteiger partial charge in [-0.05, 0) is 26.2 Å². The van der Waals surface area contributed by atoms with Crippen LogP contribution in [0.25, 0.3) is 0 Å². The molecule has 1 fully saturated rings. The Labute approximate surface area is 74.7 Å². The Morgan fingerprint density at radius 3 is 2.58 bits per heavy atom. The molecule has 2 N–H and O–H groups in total. The topological polar surface area (TPSA) is 32.3 Å². The lowest BCUT2D eigenvalue weighted by Crippen LogP contribution is -2.50. The van der Waals surface area contributed by atoms with E-state index in [4.69, 9.17) is 0 Å². The van der Waals surface area contributed by atoms with Gasteiger partial charge in [0.25, 0.3) is 0 Å². The first-order chi connectivity index (χ1) is 5.65. The summed E-state index contributed by atoms with van der Waals surface area (Å²) in [6.07, 6.45) is 4.84. The van der Waals surface area contributed by atoms with Crippen molar-refractivity contribution in [3.8, 4) is 0 Å². The standard InChI is InChI=1S/C10H19NO/c1-4-5-9-6-10(12)7(2)8(3)11-9/h4-5,7-12H,6H2,1-3H3/b5-4+/t7-,8-,9+,10-/m0/s1. The van der Waals surface area contributed by atoms with Gasteiger partial charge < -0.3 is 10.4 Å². The highest BCUT2D eigenvalue weighted by atomic mass is 16.3. The number of rotatable bonds is 1. The zero-order valence-electron chi connectivity index (χ0n) is 8.12. The van der Waals surface area contributed by atoms with E-state index in [-0.39, 0.29) is 6.10 Å². The highest BCUT2D eigenvalue weighted by Gasteiger charge is 2.29. The Balaban J connectivity index is 2.53. The van der Waals surface area contributed by atoms with Gasteiger partial charge in [-0.2, -0.15) is 0 Å². The van der Waals surface area contributed by atoms with E-state index >= 15 is 0 Å². The second kappa shape index (κ2) is 4.06. The predicted molar refractivity (Wildman–Crippen MR) is 51.0 cm³/mol. The van der Waals surface area contributed by atoms with Crippen LogP contribution in [0.3, 0.4) is 0 Å². The van der Waals surface area contributed by atoms with Gasteiger partial charge in [0.05, 0.1) is 6.10 Å². The zero-order valence-corrected chi connectivity index (χ0v) is 8.12.